The van der Waals surface area contributed by atoms with Crippen molar-refractivity contribution in [1.82, 2.24) is 0 Å². The maximum Gasteiger partial charge on any atom is 0.143 e. The number of fused-ring (bicyclic) bond motifs is 1. The topological polar surface area (TPSA) is 35.2 Å². The summed E-state index contributed by atoms with van der Waals surface area (Å²) in [6.45, 7) is 0.610. The van der Waals surface area contributed by atoms with Gasteiger partial charge in [0.15, 0.2) is 0 Å². The Morgan fingerprint density at radius 1 is 1.14 bits per heavy atom. The molecule has 2 aromatic rings. The predicted molar refractivity (Wildman–Crippen MR) is 88.5 cm³/mol. The highest BCUT2D eigenvalue weighted by atomic mass is 35.5. The number of nitrogens with two attached hydrogens (primary N) is 1. The molecule has 4 heteroatoms. The number of nitrogen functional groups attached to an aromatic ring is 1. The number of aryl methyl sites for hydroxylation is 1. The molecule has 0 saturated heterocycles. The van der Waals surface area contributed by atoms with Gasteiger partial charge in [-0.25, -0.2) is 0 Å². The van der Waals surface area contributed by atoms with Crippen molar-refractivity contribution in [2.24, 2.45) is 0 Å². The van der Waals surface area contributed by atoms with E-state index in [1.807, 2.05) is 0 Å². The molecule has 0 fully saturated rings. The third-order valence-electron chi connectivity index (χ3n) is 3.99. The average Bonchev–Trinajstić information content (AvgIpc) is 2.49. The van der Waals surface area contributed by atoms with E-state index in [1.165, 1.54) is 17.5 Å². The quantitative estimate of drug-likeness (QED) is 0.800. The zero-order valence-electron chi connectivity index (χ0n) is 11.6. The Kier molecular flexibility index (Phi) is 4.27. The Hall–Kier alpha value is -1.38. The smallest absolute Gasteiger partial charge is 0.143 e. The number of anilines is 1. The lowest BCUT2D eigenvalue weighted by Gasteiger charge is -2.25. The largest absolute Gasteiger partial charge is 0.491 e. The van der Waals surface area contributed by atoms with Gasteiger partial charge in [0.05, 0.1) is 22.3 Å². The first-order valence-corrected chi connectivity index (χ1v) is 7.86. The van der Waals surface area contributed by atoms with E-state index in [0.717, 1.165) is 12.8 Å². The highest BCUT2D eigenvalue weighted by Crippen LogP contribution is 2.35. The van der Waals surface area contributed by atoms with Crippen LogP contribution in [0, 0.1) is 0 Å². The van der Waals surface area contributed by atoms with Crippen molar-refractivity contribution in [2.45, 2.75) is 25.2 Å². The Morgan fingerprint density at radius 3 is 2.76 bits per heavy atom. The molecule has 110 valence electrons. The first-order valence-electron chi connectivity index (χ1n) is 7.10. The van der Waals surface area contributed by atoms with Crippen LogP contribution >= 0.6 is 23.2 Å². The van der Waals surface area contributed by atoms with Crippen molar-refractivity contribution in [3.8, 4) is 5.75 Å². The second kappa shape index (κ2) is 6.17. The molecule has 0 bridgehead atoms. The Morgan fingerprint density at radius 2 is 1.90 bits per heavy atom. The number of hydrogen-bond donors (Lipinski definition) is 1. The SMILES string of the molecule is Nc1cc(Cl)c(Cl)cc1OCC1CCCc2ccccc21. The van der Waals surface area contributed by atoms with Crippen LogP contribution < -0.4 is 10.5 Å². The summed E-state index contributed by atoms with van der Waals surface area (Å²) in [5, 5.41) is 0.912. The molecular weight excluding hydrogens is 305 g/mol. The van der Waals surface area contributed by atoms with Crippen LogP contribution in [-0.2, 0) is 6.42 Å². The van der Waals surface area contributed by atoms with E-state index in [4.69, 9.17) is 33.7 Å². The van der Waals surface area contributed by atoms with Gasteiger partial charge < -0.3 is 10.5 Å². The fourth-order valence-corrected chi connectivity index (χ4v) is 3.21. The van der Waals surface area contributed by atoms with Crippen LogP contribution in [-0.4, -0.2) is 6.61 Å². The van der Waals surface area contributed by atoms with Gasteiger partial charge >= 0.3 is 0 Å². The summed E-state index contributed by atoms with van der Waals surface area (Å²) in [6.07, 6.45) is 3.49. The van der Waals surface area contributed by atoms with Crippen molar-refractivity contribution >= 4 is 28.9 Å². The van der Waals surface area contributed by atoms with Crippen LogP contribution in [0.5, 0.6) is 5.75 Å². The third kappa shape index (κ3) is 3.12. The standard InChI is InChI=1S/C17H17Cl2NO/c18-14-8-16(20)17(9-15(14)19)21-10-12-6-3-5-11-4-1-2-7-13(11)12/h1-2,4,7-9,12H,3,5-6,10,20H2. The van der Waals surface area contributed by atoms with E-state index < -0.39 is 0 Å². The molecule has 0 spiro atoms. The van der Waals surface area contributed by atoms with E-state index in [-0.39, 0.29) is 0 Å². The molecule has 21 heavy (non-hydrogen) atoms. The first kappa shape index (κ1) is 14.6. The molecule has 1 atom stereocenters. The zero-order valence-corrected chi connectivity index (χ0v) is 13.1. The highest BCUT2D eigenvalue weighted by Gasteiger charge is 2.20. The first-order chi connectivity index (χ1) is 10.1. The van der Waals surface area contributed by atoms with Crippen molar-refractivity contribution in [3.63, 3.8) is 0 Å². The summed E-state index contributed by atoms with van der Waals surface area (Å²) < 4.78 is 5.90. The molecule has 1 unspecified atom stereocenters. The molecule has 0 amide bonds. The number of hydrogen-bond acceptors (Lipinski definition) is 2. The third-order valence-corrected chi connectivity index (χ3v) is 4.71. The molecule has 0 aromatic heterocycles. The minimum absolute atomic E-state index is 0.406. The van der Waals surface area contributed by atoms with Crippen molar-refractivity contribution in [2.75, 3.05) is 12.3 Å². The number of ether oxygens (including phenoxy) is 1. The number of halogens is 2. The monoisotopic (exact) mass is 321 g/mol. The molecule has 0 heterocycles. The van der Waals surface area contributed by atoms with E-state index in [1.54, 1.807) is 12.1 Å². The van der Waals surface area contributed by atoms with Crippen molar-refractivity contribution in [3.05, 3.63) is 57.6 Å². The van der Waals surface area contributed by atoms with Crippen LogP contribution in [0.15, 0.2) is 36.4 Å². The summed E-state index contributed by atoms with van der Waals surface area (Å²) in [6, 6.07) is 11.9. The van der Waals surface area contributed by atoms with Gasteiger partial charge in [0, 0.05) is 12.0 Å². The van der Waals surface area contributed by atoms with Crippen LogP contribution in [0.3, 0.4) is 0 Å². The molecular formula is C17H17Cl2NO. The summed E-state index contributed by atoms with van der Waals surface area (Å²) >= 11 is 12.0. The van der Waals surface area contributed by atoms with E-state index in [9.17, 15) is 0 Å². The average molecular weight is 322 g/mol. The maximum atomic E-state index is 6.02. The van der Waals surface area contributed by atoms with Crippen LogP contribution in [0.4, 0.5) is 5.69 Å². The zero-order chi connectivity index (χ0) is 14.8. The van der Waals surface area contributed by atoms with Gasteiger partial charge in [0.25, 0.3) is 0 Å². The fourth-order valence-electron chi connectivity index (χ4n) is 2.89. The van der Waals surface area contributed by atoms with Gasteiger partial charge in [-0.05, 0) is 36.5 Å². The Balaban J connectivity index is 1.76. The number of rotatable bonds is 3. The normalized spacial score (nSPS) is 17.3. The molecule has 0 aliphatic heterocycles. The molecule has 1 aliphatic rings. The van der Waals surface area contributed by atoms with Gasteiger partial charge in [-0.15, -0.1) is 0 Å². The lowest BCUT2D eigenvalue weighted by Crippen LogP contribution is -2.17. The molecule has 2 aromatic carbocycles. The lowest BCUT2D eigenvalue weighted by molar-refractivity contribution is 0.276. The molecule has 0 radical (unpaired) electrons. The summed E-state index contributed by atoms with van der Waals surface area (Å²) in [7, 11) is 0. The lowest BCUT2D eigenvalue weighted by atomic mass is 9.83. The van der Waals surface area contributed by atoms with Crippen molar-refractivity contribution in [1.29, 1.82) is 0 Å². The molecule has 2 N–H and O–H groups in total. The van der Waals surface area contributed by atoms with E-state index >= 15 is 0 Å². The Bertz CT molecular complexity index is 657. The van der Waals surface area contributed by atoms with Crippen molar-refractivity contribution < 1.29 is 4.74 Å². The predicted octanol–water partition coefficient (Wildman–Crippen LogP) is 5.07. The van der Waals surface area contributed by atoms with Crippen LogP contribution in [0.25, 0.3) is 0 Å². The molecule has 3 rings (SSSR count). The molecule has 1 aliphatic carbocycles. The second-order valence-corrected chi connectivity index (χ2v) is 6.22. The highest BCUT2D eigenvalue weighted by molar-refractivity contribution is 6.42. The molecule has 0 saturated carbocycles. The van der Waals surface area contributed by atoms with Crippen LogP contribution in [0.1, 0.15) is 29.9 Å². The maximum absolute atomic E-state index is 6.02. The number of benzene rings is 2. The van der Waals surface area contributed by atoms with Gasteiger partial charge in [0.2, 0.25) is 0 Å². The summed E-state index contributed by atoms with van der Waals surface area (Å²) in [5.41, 5.74) is 9.28. The summed E-state index contributed by atoms with van der Waals surface area (Å²) in [5.74, 6) is 1.01. The minimum atomic E-state index is 0.406. The van der Waals surface area contributed by atoms with Gasteiger partial charge in [-0.2, -0.15) is 0 Å². The second-order valence-electron chi connectivity index (χ2n) is 5.40. The summed E-state index contributed by atoms with van der Waals surface area (Å²) in [4.78, 5) is 0. The van der Waals surface area contributed by atoms with Gasteiger partial charge in [0.1, 0.15) is 5.75 Å². The van der Waals surface area contributed by atoms with E-state index in [0.29, 0.717) is 34.0 Å². The van der Waals surface area contributed by atoms with E-state index in [2.05, 4.69) is 24.3 Å². The van der Waals surface area contributed by atoms with Gasteiger partial charge in [-0.1, -0.05) is 47.5 Å². The Labute approximate surface area is 134 Å². The fraction of sp³-hybridized carbons (Fsp3) is 0.294. The van der Waals surface area contributed by atoms with Gasteiger partial charge in [-0.3, -0.25) is 0 Å². The van der Waals surface area contributed by atoms with Crippen LogP contribution in [0.2, 0.25) is 10.0 Å². The molecule has 2 nitrogen and oxygen atoms in total. The minimum Gasteiger partial charge on any atom is -0.491 e.